The lowest BCUT2D eigenvalue weighted by Crippen LogP contribution is -2.28. The minimum atomic E-state index is -0.326. The molecule has 114 valence electrons. The Morgan fingerprint density at radius 1 is 1.25 bits per heavy atom. The molecular formula is C17H28O3. The molecule has 1 aliphatic rings. The average Bonchev–Trinajstić information content (AvgIpc) is 2.41. The van der Waals surface area contributed by atoms with Crippen molar-refractivity contribution < 1.29 is 14.3 Å². The molecule has 0 radical (unpaired) electrons. The van der Waals surface area contributed by atoms with Crippen LogP contribution in [-0.4, -0.2) is 19.4 Å². The Hall–Kier alpha value is -1.09. The monoisotopic (exact) mass is 280 g/mol. The zero-order valence-corrected chi connectivity index (χ0v) is 13.1. The van der Waals surface area contributed by atoms with Crippen molar-refractivity contribution in [3.63, 3.8) is 0 Å². The standard InChI is InChI=1S/C17H28O3/c1-6-11-19-12-20-16(18)13(2)14-7-9-15(10-8-14)17(3,4)5/h6,14-15H,1-2,7-12H2,3-5H3. The zero-order chi connectivity index (χ0) is 15.2. The lowest BCUT2D eigenvalue weighted by molar-refractivity contribution is -0.151. The second kappa shape index (κ2) is 7.63. The van der Waals surface area contributed by atoms with Crippen molar-refractivity contribution in [1.82, 2.24) is 0 Å². The lowest BCUT2D eigenvalue weighted by atomic mass is 9.69. The van der Waals surface area contributed by atoms with E-state index >= 15 is 0 Å². The summed E-state index contributed by atoms with van der Waals surface area (Å²) < 4.78 is 10.1. The Kier molecular flexibility index (Phi) is 6.47. The molecule has 1 rings (SSSR count). The van der Waals surface area contributed by atoms with E-state index < -0.39 is 0 Å². The molecule has 20 heavy (non-hydrogen) atoms. The molecule has 0 bridgehead atoms. The van der Waals surface area contributed by atoms with Crippen LogP contribution in [0.2, 0.25) is 0 Å². The minimum Gasteiger partial charge on any atom is -0.435 e. The van der Waals surface area contributed by atoms with Crippen molar-refractivity contribution in [3.8, 4) is 0 Å². The highest BCUT2D eigenvalue weighted by molar-refractivity contribution is 5.88. The van der Waals surface area contributed by atoms with Crippen LogP contribution in [-0.2, 0) is 14.3 Å². The van der Waals surface area contributed by atoms with Gasteiger partial charge in [-0.3, -0.25) is 0 Å². The van der Waals surface area contributed by atoms with Gasteiger partial charge in [-0.05, 0) is 42.9 Å². The Labute approximate surface area is 123 Å². The summed E-state index contributed by atoms with van der Waals surface area (Å²) in [6, 6.07) is 0. The van der Waals surface area contributed by atoms with E-state index in [0.717, 1.165) is 31.6 Å². The molecule has 0 aliphatic heterocycles. The van der Waals surface area contributed by atoms with Gasteiger partial charge in [0.15, 0.2) is 6.79 Å². The van der Waals surface area contributed by atoms with E-state index in [4.69, 9.17) is 9.47 Å². The minimum absolute atomic E-state index is 0.0266. The summed E-state index contributed by atoms with van der Waals surface area (Å²) >= 11 is 0. The van der Waals surface area contributed by atoms with Crippen LogP contribution in [0.5, 0.6) is 0 Å². The number of rotatable bonds is 6. The molecule has 0 atom stereocenters. The SMILES string of the molecule is C=CCOCOC(=O)C(=C)C1CCC(C(C)(C)C)CC1. The first-order valence-electron chi connectivity index (χ1n) is 7.40. The van der Waals surface area contributed by atoms with Gasteiger partial charge >= 0.3 is 5.97 Å². The van der Waals surface area contributed by atoms with Gasteiger partial charge in [0, 0.05) is 5.57 Å². The molecule has 0 amide bonds. The third-order valence-electron chi connectivity index (χ3n) is 4.22. The van der Waals surface area contributed by atoms with Crippen molar-refractivity contribution in [3.05, 3.63) is 24.8 Å². The molecular weight excluding hydrogens is 252 g/mol. The molecule has 1 saturated carbocycles. The van der Waals surface area contributed by atoms with Gasteiger partial charge in [0.25, 0.3) is 0 Å². The van der Waals surface area contributed by atoms with Crippen LogP contribution in [0.3, 0.4) is 0 Å². The highest BCUT2D eigenvalue weighted by Crippen LogP contribution is 2.41. The van der Waals surface area contributed by atoms with Crippen molar-refractivity contribution in [2.45, 2.75) is 46.5 Å². The predicted molar refractivity (Wildman–Crippen MR) is 81.2 cm³/mol. The number of esters is 1. The lowest BCUT2D eigenvalue weighted by Gasteiger charge is -2.37. The van der Waals surface area contributed by atoms with Crippen LogP contribution in [0, 0.1) is 17.3 Å². The second-order valence-electron chi connectivity index (χ2n) is 6.65. The molecule has 0 spiro atoms. The van der Waals surface area contributed by atoms with E-state index in [1.165, 1.54) is 0 Å². The predicted octanol–water partition coefficient (Wildman–Crippen LogP) is 4.10. The molecule has 0 aromatic heterocycles. The zero-order valence-electron chi connectivity index (χ0n) is 13.1. The van der Waals surface area contributed by atoms with Crippen LogP contribution in [0.1, 0.15) is 46.5 Å². The third-order valence-corrected chi connectivity index (χ3v) is 4.22. The maximum Gasteiger partial charge on any atom is 0.335 e. The molecule has 3 nitrogen and oxygen atoms in total. The van der Waals surface area contributed by atoms with Crippen molar-refractivity contribution in [1.29, 1.82) is 0 Å². The Morgan fingerprint density at radius 3 is 2.35 bits per heavy atom. The quantitative estimate of drug-likeness (QED) is 0.242. The first kappa shape index (κ1) is 17.0. The van der Waals surface area contributed by atoms with Crippen LogP contribution in [0.25, 0.3) is 0 Å². The normalized spacial score (nSPS) is 23.1. The number of hydrogen-bond acceptors (Lipinski definition) is 3. The number of ether oxygens (including phenoxy) is 2. The fraction of sp³-hybridized carbons (Fsp3) is 0.706. The first-order valence-corrected chi connectivity index (χ1v) is 7.40. The van der Waals surface area contributed by atoms with Crippen LogP contribution < -0.4 is 0 Å². The largest absolute Gasteiger partial charge is 0.435 e. The summed E-state index contributed by atoms with van der Waals surface area (Å²) in [6.45, 7) is 14.7. The van der Waals surface area contributed by atoms with Crippen molar-refractivity contribution in [2.24, 2.45) is 17.3 Å². The molecule has 0 aromatic carbocycles. The number of hydrogen-bond donors (Lipinski definition) is 0. The van der Waals surface area contributed by atoms with Gasteiger partial charge in [-0.1, -0.05) is 33.4 Å². The number of carbonyl (C=O) groups is 1. The summed E-state index contributed by atoms with van der Waals surface area (Å²) in [6.07, 6.45) is 6.00. The summed E-state index contributed by atoms with van der Waals surface area (Å²) in [5.41, 5.74) is 0.949. The summed E-state index contributed by atoms with van der Waals surface area (Å²) in [7, 11) is 0. The molecule has 0 unspecified atom stereocenters. The molecule has 0 heterocycles. The molecule has 0 N–H and O–H groups in total. The van der Waals surface area contributed by atoms with Gasteiger partial charge in [0.05, 0.1) is 6.61 Å². The highest BCUT2D eigenvalue weighted by Gasteiger charge is 2.32. The van der Waals surface area contributed by atoms with E-state index in [9.17, 15) is 4.79 Å². The van der Waals surface area contributed by atoms with Crippen molar-refractivity contribution >= 4 is 5.97 Å². The molecule has 0 aromatic rings. The maximum absolute atomic E-state index is 11.9. The van der Waals surface area contributed by atoms with Gasteiger partial charge in [-0.25, -0.2) is 4.79 Å². The fourth-order valence-electron chi connectivity index (χ4n) is 2.79. The highest BCUT2D eigenvalue weighted by atomic mass is 16.7. The fourth-order valence-corrected chi connectivity index (χ4v) is 2.79. The van der Waals surface area contributed by atoms with Gasteiger partial charge in [-0.2, -0.15) is 0 Å². The van der Waals surface area contributed by atoms with Crippen LogP contribution >= 0.6 is 0 Å². The van der Waals surface area contributed by atoms with E-state index in [1.54, 1.807) is 6.08 Å². The van der Waals surface area contributed by atoms with E-state index in [1.807, 2.05) is 0 Å². The van der Waals surface area contributed by atoms with Gasteiger partial charge in [-0.15, -0.1) is 6.58 Å². The Morgan fingerprint density at radius 2 is 1.85 bits per heavy atom. The Bertz CT molecular complexity index is 344. The maximum atomic E-state index is 11.9. The first-order chi connectivity index (χ1) is 9.36. The summed E-state index contributed by atoms with van der Waals surface area (Å²) in [5, 5.41) is 0. The van der Waals surface area contributed by atoms with E-state index in [-0.39, 0.29) is 18.7 Å². The summed E-state index contributed by atoms with van der Waals surface area (Å²) in [5.74, 6) is 0.673. The Balaban J connectivity index is 2.35. The van der Waals surface area contributed by atoms with Gasteiger partial charge < -0.3 is 9.47 Å². The van der Waals surface area contributed by atoms with Crippen molar-refractivity contribution in [2.75, 3.05) is 13.4 Å². The van der Waals surface area contributed by atoms with Gasteiger partial charge in [0.2, 0.25) is 0 Å². The molecule has 0 saturated heterocycles. The van der Waals surface area contributed by atoms with Gasteiger partial charge in [0.1, 0.15) is 0 Å². The summed E-state index contributed by atoms with van der Waals surface area (Å²) in [4.78, 5) is 11.9. The van der Waals surface area contributed by atoms with Crippen LogP contribution in [0.4, 0.5) is 0 Å². The third kappa shape index (κ3) is 5.12. The molecule has 1 aliphatic carbocycles. The average molecular weight is 280 g/mol. The van der Waals surface area contributed by atoms with E-state index in [0.29, 0.717) is 17.6 Å². The number of carbonyl (C=O) groups excluding carboxylic acids is 1. The van der Waals surface area contributed by atoms with E-state index in [2.05, 4.69) is 33.9 Å². The molecule has 3 heteroatoms. The smallest absolute Gasteiger partial charge is 0.335 e. The van der Waals surface area contributed by atoms with Crippen LogP contribution in [0.15, 0.2) is 24.8 Å². The molecule has 1 fully saturated rings. The second-order valence-corrected chi connectivity index (χ2v) is 6.65. The topological polar surface area (TPSA) is 35.5 Å².